The van der Waals surface area contributed by atoms with Crippen molar-refractivity contribution in [2.24, 2.45) is 0 Å². The molecule has 0 fully saturated rings. The summed E-state index contributed by atoms with van der Waals surface area (Å²) in [5.74, 6) is 2.81. The molecule has 0 amide bonds. The van der Waals surface area contributed by atoms with Crippen molar-refractivity contribution >= 4 is 17.1 Å². The second kappa shape index (κ2) is 12.3. The molecule has 1 aliphatic heterocycles. The lowest BCUT2D eigenvalue weighted by Gasteiger charge is -2.33. The Labute approximate surface area is 373 Å². The molecular weight excluding hydrogens is 779 g/mol. The zero-order valence-electron chi connectivity index (χ0n) is 36.2. The fourth-order valence-corrected chi connectivity index (χ4v) is 12.4. The number of para-hydroxylation sites is 1. The first-order valence-electron chi connectivity index (χ1n) is 22.5. The summed E-state index contributed by atoms with van der Waals surface area (Å²) in [5, 5.41) is 0. The maximum atomic E-state index is 7.26. The first-order valence-corrected chi connectivity index (χ1v) is 22.5. The van der Waals surface area contributed by atoms with Crippen molar-refractivity contribution in [1.29, 1.82) is 0 Å². The molecule has 0 atom stereocenters. The largest absolute Gasteiger partial charge is 0.449 e. The van der Waals surface area contributed by atoms with E-state index in [1.165, 1.54) is 89.0 Å². The number of nitrogens with zero attached hydrogens (tertiary/aromatic N) is 1. The van der Waals surface area contributed by atoms with Gasteiger partial charge in [0.25, 0.3) is 0 Å². The first kappa shape index (κ1) is 35.9. The predicted octanol–water partition coefficient (Wildman–Crippen LogP) is 16.0. The van der Waals surface area contributed by atoms with Crippen molar-refractivity contribution < 1.29 is 9.47 Å². The van der Waals surface area contributed by atoms with Gasteiger partial charge in [-0.3, -0.25) is 0 Å². The smallest absolute Gasteiger partial charge is 0.194 e. The third kappa shape index (κ3) is 4.41. The van der Waals surface area contributed by atoms with E-state index in [4.69, 9.17) is 9.47 Å². The van der Waals surface area contributed by atoms with E-state index < -0.39 is 5.41 Å². The maximum absolute atomic E-state index is 7.26. The molecule has 4 aliphatic carbocycles. The lowest BCUT2D eigenvalue weighted by molar-refractivity contribution is 0.360. The van der Waals surface area contributed by atoms with Crippen LogP contribution in [0.2, 0.25) is 0 Å². The molecule has 0 N–H and O–H groups in total. The number of rotatable bonds is 3. The van der Waals surface area contributed by atoms with Gasteiger partial charge in [0.15, 0.2) is 23.0 Å². The van der Waals surface area contributed by atoms with Crippen LogP contribution in [0, 0.1) is 0 Å². The molecule has 5 aliphatic rings. The summed E-state index contributed by atoms with van der Waals surface area (Å²) in [7, 11) is 0. The van der Waals surface area contributed by atoms with E-state index in [-0.39, 0.29) is 10.8 Å². The van der Waals surface area contributed by atoms with Crippen molar-refractivity contribution in [3.63, 3.8) is 0 Å². The van der Waals surface area contributed by atoms with Crippen molar-refractivity contribution in [3.05, 3.63) is 233 Å². The average Bonchev–Trinajstić information content (AvgIpc) is 3.95. The molecular formula is C61H43NO2. The van der Waals surface area contributed by atoms with Crippen LogP contribution in [-0.2, 0) is 16.2 Å². The van der Waals surface area contributed by atoms with Gasteiger partial charge in [-0.1, -0.05) is 167 Å². The molecule has 1 spiro atoms. The summed E-state index contributed by atoms with van der Waals surface area (Å²) >= 11 is 0. The van der Waals surface area contributed by atoms with Gasteiger partial charge in [0, 0.05) is 22.2 Å². The Morgan fingerprint density at radius 1 is 0.312 bits per heavy atom. The zero-order valence-corrected chi connectivity index (χ0v) is 36.2. The van der Waals surface area contributed by atoms with Crippen LogP contribution in [0.3, 0.4) is 0 Å². The van der Waals surface area contributed by atoms with E-state index >= 15 is 0 Å². The summed E-state index contributed by atoms with van der Waals surface area (Å²) in [6, 6.07) is 69.3. The third-order valence-corrected chi connectivity index (χ3v) is 15.3. The van der Waals surface area contributed by atoms with E-state index in [9.17, 15) is 0 Å². The van der Waals surface area contributed by atoms with Gasteiger partial charge in [-0.2, -0.15) is 0 Å². The lowest BCUT2D eigenvalue weighted by Crippen LogP contribution is -2.25. The lowest BCUT2D eigenvalue weighted by atomic mass is 9.70. The standard InChI is InChI=1S/C61H43NO2/c1-59(2)46-21-10-5-16-38(46)43-30-28-36(32-51(43)59)62(37-29-31-44-39-17-6-11-22-47(39)60(3,4)52(44)33-37)54-26-15-27-55-58(54)64-56-34-45-42-20-9-14-25-50(42)61(53(45)35-57(56)63-55)48-23-12-7-18-40(48)41-19-8-13-24-49(41)61/h5-35H,1-4H3. The van der Waals surface area contributed by atoms with Crippen LogP contribution >= 0.6 is 0 Å². The fourth-order valence-electron chi connectivity index (χ4n) is 12.4. The molecule has 0 saturated heterocycles. The summed E-state index contributed by atoms with van der Waals surface area (Å²) in [6.07, 6.45) is 0. The molecule has 14 rings (SSSR count). The minimum atomic E-state index is -0.474. The second-order valence-corrected chi connectivity index (χ2v) is 19.2. The highest BCUT2D eigenvalue weighted by molar-refractivity contribution is 5.97. The summed E-state index contributed by atoms with van der Waals surface area (Å²) in [5.41, 5.74) is 22.9. The van der Waals surface area contributed by atoms with E-state index in [1.54, 1.807) is 0 Å². The highest BCUT2D eigenvalue weighted by atomic mass is 16.6. The van der Waals surface area contributed by atoms with Crippen LogP contribution in [0.4, 0.5) is 17.1 Å². The Morgan fingerprint density at radius 3 is 1.25 bits per heavy atom. The number of hydrogen-bond donors (Lipinski definition) is 0. The molecule has 0 saturated carbocycles. The van der Waals surface area contributed by atoms with Gasteiger partial charge in [-0.25, -0.2) is 0 Å². The van der Waals surface area contributed by atoms with Crippen LogP contribution < -0.4 is 14.4 Å². The van der Waals surface area contributed by atoms with Gasteiger partial charge in [0.1, 0.15) is 0 Å². The highest BCUT2D eigenvalue weighted by Gasteiger charge is 2.52. The third-order valence-electron chi connectivity index (χ3n) is 15.3. The number of hydrogen-bond acceptors (Lipinski definition) is 3. The van der Waals surface area contributed by atoms with Crippen molar-refractivity contribution in [2.75, 3.05) is 4.90 Å². The Morgan fingerprint density at radius 2 is 0.734 bits per heavy atom. The van der Waals surface area contributed by atoms with Crippen LogP contribution in [0.25, 0.3) is 44.5 Å². The van der Waals surface area contributed by atoms with Crippen LogP contribution in [0.1, 0.15) is 72.2 Å². The molecule has 3 nitrogen and oxygen atoms in total. The Bertz CT molecular complexity index is 3380. The van der Waals surface area contributed by atoms with Crippen LogP contribution in [-0.4, -0.2) is 0 Å². The maximum Gasteiger partial charge on any atom is 0.194 e. The molecule has 0 radical (unpaired) electrons. The molecule has 1 heterocycles. The SMILES string of the molecule is CC1(C)c2ccccc2-c2ccc(N(c3ccc4c(c3)C(C)(C)c3ccccc3-4)c3cccc4c3Oc3cc5c(cc3O4)C3(c4ccccc4-c4ccccc43)c3ccccc3-5)cc21. The normalized spacial score (nSPS) is 15.8. The Hall–Kier alpha value is -7.62. The Balaban J connectivity index is 0.955. The van der Waals surface area contributed by atoms with Crippen molar-refractivity contribution in [2.45, 2.75) is 43.9 Å². The van der Waals surface area contributed by atoms with Crippen molar-refractivity contribution in [3.8, 4) is 67.5 Å². The minimum Gasteiger partial charge on any atom is -0.449 e. The van der Waals surface area contributed by atoms with Gasteiger partial charge in [-0.05, 0) is 138 Å². The monoisotopic (exact) mass is 821 g/mol. The van der Waals surface area contributed by atoms with E-state index in [1.807, 2.05) is 6.07 Å². The molecule has 304 valence electrons. The molecule has 0 aromatic heterocycles. The molecule has 64 heavy (non-hydrogen) atoms. The van der Waals surface area contributed by atoms with Gasteiger partial charge in [0.2, 0.25) is 0 Å². The average molecular weight is 822 g/mol. The second-order valence-electron chi connectivity index (χ2n) is 19.2. The summed E-state index contributed by atoms with van der Waals surface area (Å²) in [6.45, 7) is 9.40. The summed E-state index contributed by atoms with van der Waals surface area (Å²) in [4.78, 5) is 2.38. The molecule has 9 aromatic rings. The van der Waals surface area contributed by atoms with Gasteiger partial charge >= 0.3 is 0 Å². The molecule has 3 heteroatoms. The molecule has 9 aromatic carbocycles. The number of ether oxygens (including phenoxy) is 2. The zero-order chi connectivity index (χ0) is 42.7. The minimum absolute atomic E-state index is 0.168. The molecule has 0 bridgehead atoms. The molecule has 0 unspecified atom stereocenters. The number of fused-ring (bicyclic) bond motifs is 18. The number of benzene rings is 9. The van der Waals surface area contributed by atoms with Gasteiger partial charge < -0.3 is 14.4 Å². The summed E-state index contributed by atoms with van der Waals surface area (Å²) < 4.78 is 14.4. The van der Waals surface area contributed by atoms with E-state index in [2.05, 4.69) is 215 Å². The topological polar surface area (TPSA) is 21.7 Å². The van der Waals surface area contributed by atoms with Gasteiger partial charge in [0.05, 0.1) is 11.1 Å². The quantitative estimate of drug-likeness (QED) is 0.177. The Kier molecular flexibility index (Phi) is 6.90. The number of anilines is 3. The van der Waals surface area contributed by atoms with E-state index in [0.717, 1.165) is 22.8 Å². The van der Waals surface area contributed by atoms with Crippen LogP contribution in [0.15, 0.2) is 188 Å². The van der Waals surface area contributed by atoms with Gasteiger partial charge in [-0.15, -0.1) is 0 Å². The fraction of sp³-hybridized carbons (Fsp3) is 0.115. The van der Waals surface area contributed by atoms with E-state index in [0.29, 0.717) is 17.2 Å². The van der Waals surface area contributed by atoms with Crippen LogP contribution in [0.5, 0.6) is 23.0 Å². The first-order chi connectivity index (χ1) is 31.2. The highest BCUT2D eigenvalue weighted by Crippen LogP contribution is 2.65. The predicted molar refractivity (Wildman–Crippen MR) is 259 cm³/mol. The van der Waals surface area contributed by atoms with Crippen molar-refractivity contribution in [1.82, 2.24) is 0 Å².